The van der Waals surface area contributed by atoms with Gasteiger partial charge in [-0.1, -0.05) is 13.3 Å². The minimum Gasteiger partial charge on any atom is -0.330 e. The molecule has 0 radical (unpaired) electrons. The summed E-state index contributed by atoms with van der Waals surface area (Å²) in [5.74, 6) is 0.815. The van der Waals surface area contributed by atoms with E-state index in [1.807, 2.05) is 11.7 Å². The predicted octanol–water partition coefficient (Wildman–Crippen LogP) is 2.39. The molecule has 1 heterocycles. The first kappa shape index (κ1) is 13.6. The zero-order valence-electron chi connectivity index (χ0n) is 10.1. The van der Waals surface area contributed by atoms with Crippen molar-refractivity contribution in [3.8, 4) is 0 Å². The molecule has 0 spiro atoms. The van der Waals surface area contributed by atoms with Gasteiger partial charge in [0.25, 0.3) is 0 Å². The Morgan fingerprint density at radius 2 is 2.38 bits per heavy atom. The molecule has 0 aliphatic rings. The number of aromatic nitrogens is 1. The average molecular weight is 241 g/mol. The molecule has 1 aromatic heterocycles. The minimum atomic E-state index is 0.815. The van der Waals surface area contributed by atoms with Crippen molar-refractivity contribution in [2.24, 2.45) is 11.7 Å². The van der Waals surface area contributed by atoms with Crippen LogP contribution in [0.2, 0.25) is 0 Å². The summed E-state index contributed by atoms with van der Waals surface area (Å²) in [6.45, 7) is 5.13. The highest BCUT2D eigenvalue weighted by Crippen LogP contribution is 2.13. The van der Waals surface area contributed by atoms with Crippen LogP contribution in [0.15, 0.2) is 11.7 Å². The maximum atomic E-state index is 5.58. The quantitative estimate of drug-likeness (QED) is 0.653. The summed E-state index contributed by atoms with van der Waals surface area (Å²) in [4.78, 5) is 5.37. The molecule has 16 heavy (non-hydrogen) atoms. The van der Waals surface area contributed by atoms with Gasteiger partial charge >= 0.3 is 0 Å². The van der Waals surface area contributed by atoms with E-state index in [1.54, 1.807) is 11.3 Å². The number of thiazole rings is 1. The molecule has 0 fully saturated rings. The highest BCUT2D eigenvalue weighted by molar-refractivity contribution is 7.09. The first-order valence-electron chi connectivity index (χ1n) is 6.15. The fourth-order valence-electron chi connectivity index (χ4n) is 1.85. The van der Waals surface area contributed by atoms with Crippen LogP contribution in [-0.4, -0.2) is 18.1 Å². The van der Waals surface area contributed by atoms with Gasteiger partial charge in [-0.2, -0.15) is 0 Å². The van der Waals surface area contributed by atoms with Gasteiger partial charge in [0.15, 0.2) is 0 Å². The van der Waals surface area contributed by atoms with Gasteiger partial charge < -0.3 is 11.1 Å². The predicted molar refractivity (Wildman–Crippen MR) is 70.5 cm³/mol. The maximum absolute atomic E-state index is 5.58. The molecule has 92 valence electrons. The van der Waals surface area contributed by atoms with Crippen LogP contribution in [0.25, 0.3) is 0 Å². The van der Waals surface area contributed by atoms with E-state index in [2.05, 4.69) is 17.2 Å². The van der Waals surface area contributed by atoms with Gasteiger partial charge in [0, 0.05) is 17.6 Å². The molecule has 0 saturated carbocycles. The maximum Gasteiger partial charge on any atom is 0.0794 e. The molecule has 0 aliphatic carbocycles. The van der Waals surface area contributed by atoms with Crippen molar-refractivity contribution < 1.29 is 0 Å². The first-order valence-corrected chi connectivity index (χ1v) is 7.03. The van der Waals surface area contributed by atoms with Gasteiger partial charge in [-0.05, 0) is 38.3 Å². The van der Waals surface area contributed by atoms with Crippen molar-refractivity contribution in [1.29, 1.82) is 0 Å². The Morgan fingerprint density at radius 3 is 3.00 bits per heavy atom. The van der Waals surface area contributed by atoms with Gasteiger partial charge in [-0.15, -0.1) is 11.3 Å². The van der Waals surface area contributed by atoms with Crippen LogP contribution in [0, 0.1) is 5.92 Å². The van der Waals surface area contributed by atoms with E-state index in [0.29, 0.717) is 0 Å². The zero-order valence-corrected chi connectivity index (χ0v) is 10.9. The van der Waals surface area contributed by atoms with Crippen LogP contribution < -0.4 is 11.1 Å². The van der Waals surface area contributed by atoms with Crippen LogP contribution in [0.1, 0.15) is 37.5 Å². The van der Waals surface area contributed by atoms with E-state index in [4.69, 9.17) is 5.73 Å². The van der Waals surface area contributed by atoms with Gasteiger partial charge in [0.2, 0.25) is 0 Å². The molecule has 1 aromatic rings. The molecule has 0 amide bonds. The average Bonchev–Trinajstić information content (AvgIpc) is 2.80. The van der Waals surface area contributed by atoms with Crippen LogP contribution in [0.5, 0.6) is 0 Å². The van der Waals surface area contributed by atoms with Gasteiger partial charge in [-0.3, -0.25) is 4.98 Å². The Hall–Kier alpha value is -0.450. The summed E-state index contributed by atoms with van der Waals surface area (Å²) in [5, 5.41) is 3.45. The molecule has 0 bridgehead atoms. The normalized spacial score (nSPS) is 12.9. The second-order valence-electron chi connectivity index (χ2n) is 4.14. The molecule has 0 saturated heterocycles. The Labute approximate surface area is 102 Å². The number of rotatable bonds is 9. The summed E-state index contributed by atoms with van der Waals surface area (Å²) in [6, 6.07) is 0. The van der Waals surface area contributed by atoms with Crippen molar-refractivity contribution in [3.05, 3.63) is 16.6 Å². The second kappa shape index (κ2) is 8.67. The summed E-state index contributed by atoms with van der Waals surface area (Å²) >= 11 is 1.71. The van der Waals surface area contributed by atoms with E-state index in [9.17, 15) is 0 Å². The van der Waals surface area contributed by atoms with Crippen molar-refractivity contribution in [2.75, 3.05) is 13.1 Å². The fraction of sp³-hybridized carbons (Fsp3) is 0.750. The van der Waals surface area contributed by atoms with Crippen LogP contribution in [0.4, 0.5) is 0 Å². The molecule has 1 atom stereocenters. The Balaban J connectivity index is 1.98. The fourth-order valence-corrected chi connectivity index (χ4v) is 2.41. The monoisotopic (exact) mass is 241 g/mol. The molecule has 3 N–H and O–H groups in total. The first-order chi connectivity index (χ1) is 7.86. The van der Waals surface area contributed by atoms with Crippen LogP contribution in [-0.2, 0) is 6.54 Å². The molecule has 1 rings (SSSR count). The Morgan fingerprint density at radius 1 is 1.50 bits per heavy atom. The summed E-state index contributed by atoms with van der Waals surface area (Å²) in [7, 11) is 0. The lowest BCUT2D eigenvalue weighted by atomic mass is 9.97. The molecular weight excluding hydrogens is 218 g/mol. The van der Waals surface area contributed by atoms with Crippen molar-refractivity contribution in [3.63, 3.8) is 0 Å². The van der Waals surface area contributed by atoms with Crippen molar-refractivity contribution >= 4 is 11.3 Å². The third kappa shape index (κ3) is 5.58. The van der Waals surface area contributed by atoms with E-state index in [1.165, 1.54) is 30.6 Å². The molecule has 0 aliphatic heterocycles. The smallest absolute Gasteiger partial charge is 0.0794 e. The number of nitrogens with one attached hydrogen (secondary N) is 1. The van der Waals surface area contributed by atoms with E-state index >= 15 is 0 Å². The standard InChI is InChI=1S/C12H23N3S/c1-2-11(5-6-13)4-3-7-14-8-12-9-15-10-16-12/h9-11,14H,2-8,13H2,1H3. The molecular formula is C12H23N3S. The van der Waals surface area contributed by atoms with Crippen LogP contribution >= 0.6 is 11.3 Å². The number of nitrogens with two attached hydrogens (primary N) is 1. The number of nitrogens with zero attached hydrogens (tertiary/aromatic N) is 1. The third-order valence-corrected chi connectivity index (χ3v) is 3.68. The Bertz CT molecular complexity index is 249. The third-order valence-electron chi connectivity index (χ3n) is 2.90. The molecule has 1 unspecified atom stereocenters. The number of hydrogen-bond acceptors (Lipinski definition) is 4. The topological polar surface area (TPSA) is 50.9 Å². The zero-order chi connectivity index (χ0) is 11.6. The highest BCUT2D eigenvalue weighted by Gasteiger charge is 2.04. The summed E-state index contributed by atoms with van der Waals surface area (Å²) in [6.07, 6.45) is 6.90. The van der Waals surface area contributed by atoms with E-state index < -0.39 is 0 Å². The van der Waals surface area contributed by atoms with Gasteiger partial charge in [0.1, 0.15) is 0 Å². The van der Waals surface area contributed by atoms with Crippen LogP contribution in [0.3, 0.4) is 0 Å². The summed E-state index contributed by atoms with van der Waals surface area (Å²) < 4.78 is 0. The van der Waals surface area contributed by atoms with E-state index in [-0.39, 0.29) is 0 Å². The Kier molecular flexibility index (Phi) is 7.38. The number of hydrogen-bond donors (Lipinski definition) is 2. The second-order valence-corrected chi connectivity index (χ2v) is 5.11. The lowest BCUT2D eigenvalue weighted by Gasteiger charge is -2.13. The van der Waals surface area contributed by atoms with Gasteiger partial charge in [0.05, 0.1) is 5.51 Å². The molecule has 0 aromatic carbocycles. The highest BCUT2D eigenvalue weighted by atomic mass is 32.1. The van der Waals surface area contributed by atoms with Crippen molar-refractivity contribution in [2.45, 2.75) is 39.2 Å². The lowest BCUT2D eigenvalue weighted by Crippen LogP contribution is -2.16. The lowest BCUT2D eigenvalue weighted by molar-refractivity contribution is 0.422. The van der Waals surface area contributed by atoms with E-state index in [0.717, 1.165) is 25.6 Å². The minimum absolute atomic E-state index is 0.815. The van der Waals surface area contributed by atoms with Crippen molar-refractivity contribution in [1.82, 2.24) is 10.3 Å². The molecule has 3 nitrogen and oxygen atoms in total. The SMILES string of the molecule is CCC(CCN)CCCNCc1cncs1. The molecule has 4 heteroatoms. The largest absolute Gasteiger partial charge is 0.330 e. The van der Waals surface area contributed by atoms with Gasteiger partial charge in [-0.25, -0.2) is 0 Å². The summed E-state index contributed by atoms with van der Waals surface area (Å²) in [5.41, 5.74) is 7.46.